The lowest BCUT2D eigenvalue weighted by atomic mass is 10.1. The highest BCUT2D eigenvalue weighted by atomic mass is 15.1. The Labute approximate surface area is 155 Å². The van der Waals surface area contributed by atoms with E-state index in [2.05, 4.69) is 53.6 Å². The van der Waals surface area contributed by atoms with Crippen LogP contribution >= 0.6 is 0 Å². The number of nitrogens with two attached hydrogens (primary N) is 1. The summed E-state index contributed by atoms with van der Waals surface area (Å²) < 4.78 is 2.09. The number of anilines is 1. The Hall–Kier alpha value is -2.85. The largest absolute Gasteiger partial charge is 0.398 e. The zero-order valence-corrected chi connectivity index (χ0v) is 15.4. The number of rotatable bonds is 8. The van der Waals surface area contributed by atoms with Crippen LogP contribution in [0.5, 0.6) is 0 Å². The molecule has 0 aliphatic heterocycles. The van der Waals surface area contributed by atoms with E-state index in [1.54, 1.807) is 0 Å². The fourth-order valence-electron chi connectivity index (χ4n) is 3.17. The molecule has 2 heterocycles. The van der Waals surface area contributed by atoms with E-state index in [0.29, 0.717) is 0 Å². The van der Waals surface area contributed by atoms with E-state index in [1.165, 1.54) is 5.56 Å². The lowest BCUT2D eigenvalue weighted by Crippen LogP contribution is -2.24. The fraction of sp³-hybridized carbons (Fsp3) is 0.227. The lowest BCUT2D eigenvalue weighted by molar-refractivity contribution is 0.323. The van der Waals surface area contributed by atoms with Crippen molar-refractivity contribution in [2.24, 2.45) is 0 Å². The van der Waals surface area contributed by atoms with Crippen LogP contribution < -0.4 is 5.73 Å². The van der Waals surface area contributed by atoms with Gasteiger partial charge in [-0.15, -0.1) is 13.2 Å². The quantitative estimate of drug-likeness (QED) is 0.618. The average molecular weight is 346 g/mol. The smallest absolute Gasteiger partial charge is 0.137 e. The molecular weight excluding hydrogens is 320 g/mol. The van der Waals surface area contributed by atoms with E-state index in [9.17, 15) is 0 Å². The molecule has 3 aromatic rings. The third-order valence-corrected chi connectivity index (χ3v) is 4.52. The maximum Gasteiger partial charge on any atom is 0.137 e. The van der Waals surface area contributed by atoms with Crippen molar-refractivity contribution in [3.8, 4) is 11.3 Å². The third kappa shape index (κ3) is 3.70. The summed E-state index contributed by atoms with van der Waals surface area (Å²) in [6, 6.07) is 12.5. The Morgan fingerprint density at radius 2 is 1.77 bits per heavy atom. The van der Waals surface area contributed by atoms with Crippen LogP contribution in [-0.2, 0) is 13.0 Å². The van der Waals surface area contributed by atoms with Crippen molar-refractivity contribution in [2.75, 3.05) is 18.8 Å². The van der Waals surface area contributed by atoms with Crippen molar-refractivity contribution in [3.63, 3.8) is 0 Å². The normalized spacial score (nSPS) is 11.2. The maximum atomic E-state index is 6.03. The van der Waals surface area contributed by atoms with Gasteiger partial charge >= 0.3 is 0 Å². The average Bonchev–Trinajstić information content (AvgIpc) is 3.00. The first-order valence-electron chi connectivity index (χ1n) is 8.96. The van der Waals surface area contributed by atoms with Crippen LogP contribution in [0.1, 0.15) is 18.2 Å². The van der Waals surface area contributed by atoms with Crippen LogP contribution in [0.2, 0.25) is 0 Å². The van der Waals surface area contributed by atoms with Crippen LogP contribution in [0.25, 0.3) is 16.9 Å². The highest BCUT2D eigenvalue weighted by molar-refractivity contribution is 5.67. The summed E-state index contributed by atoms with van der Waals surface area (Å²) in [6.45, 7) is 12.2. The number of aromatic nitrogens is 2. The molecule has 1 aromatic carbocycles. The molecule has 0 bridgehead atoms. The van der Waals surface area contributed by atoms with Gasteiger partial charge in [0.1, 0.15) is 5.65 Å². The monoisotopic (exact) mass is 346 g/mol. The summed E-state index contributed by atoms with van der Waals surface area (Å²) in [4.78, 5) is 7.16. The Balaban J connectivity index is 2.11. The molecule has 0 spiro atoms. The topological polar surface area (TPSA) is 46.6 Å². The molecular formula is C22H26N4. The van der Waals surface area contributed by atoms with Gasteiger partial charge < -0.3 is 10.1 Å². The van der Waals surface area contributed by atoms with Gasteiger partial charge in [0.25, 0.3) is 0 Å². The van der Waals surface area contributed by atoms with Crippen molar-refractivity contribution >= 4 is 11.3 Å². The van der Waals surface area contributed by atoms with E-state index >= 15 is 0 Å². The van der Waals surface area contributed by atoms with E-state index < -0.39 is 0 Å². The van der Waals surface area contributed by atoms with Crippen LogP contribution in [-0.4, -0.2) is 27.4 Å². The number of hydrogen-bond acceptors (Lipinski definition) is 3. The van der Waals surface area contributed by atoms with Gasteiger partial charge in [-0.1, -0.05) is 43.3 Å². The van der Waals surface area contributed by atoms with Gasteiger partial charge in [0.05, 0.1) is 11.4 Å². The molecule has 4 nitrogen and oxygen atoms in total. The predicted octanol–water partition coefficient (Wildman–Crippen LogP) is 4.32. The second-order valence-electron chi connectivity index (χ2n) is 6.42. The van der Waals surface area contributed by atoms with Gasteiger partial charge in [0.15, 0.2) is 0 Å². The lowest BCUT2D eigenvalue weighted by Gasteiger charge is -2.19. The molecule has 0 aliphatic carbocycles. The number of fused-ring (bicyclic) bond motifs is 1. The van der Waals surface area contributed by atoms with E-state index in [-0.39, 0.29) is 0 Å². The van der Waals surface area contributed by atoms with Gasteiger partial charge in [-0.05, 0) is 24.1 Å². The van der Waals surface area contributed by atoms with E-state index in [0.717, 1.165) is 54.3 Å². The fourth-order valence-corrected chi connectivity index (χ4v) is 3.17. The van der Waals surface area contributed by atoms with Crippen LogP contribution in [0.4, 0.5) is 5.69 Å². The minimum atomic E-state index is 0.725. The number of benzene rings is 1. The van der Waals surface area contributed by atoms with Gasteiger partial charge in [-0.2, -0.15) is 0 Å². The number of nitrogens with zero attached hydrogens (tertiary/aromatic N) is 3. The molecule has 4 heteroatoms. The Kier molecular flexibility index (Phi) is 5.54. The Morgan fingerprint density at radius 3 is 2.38 bits per heavy atom. The molecule has 0 fully saturated rings. The first kappa shape index (κ1) is 18.0. The number of aryl methyl sites for hydroxylation is 1. The zero-order valence-electron chi connectivity index (χ0n) is 15.4. The molecule has 3 rings (SSSR count). The minimum absolute atomic E-state index is 0.725. The van der Waals surface area contributed by atoms with Crippen molar-refractivity contribution < 1.29 is 0 Å². The second kappa shape index (κ2) is 8.02. The number of nitrogen functional groups attached to an aromatic ring is 1. The molecule has 2 aromatic heterocycles. The van der Waals surface area contributed by atoms with Gasteiger partial charge in [0.2, 0.25) is 0 Å². The number of pyridine rings is 1. The summed E-state index contributed by atoms with van der Waals surface area (Å²) in [5, 5.41) is 0. The predicted molar refractivity (Wildman–Crippen MR) is 110 cm³/mol. The Morgan fingerprint density at radius 1 is 1.08 bits per heavy atom. The highest BCUT2D eigenvalue weighted by Crippen LogP contribution is 2.27. The van der Waals surface area contributed by atoms with E-state index in [4.69, 9.17) is 10.7 Å². The SMILES string of the molecule is C=CCN(CC=C)Cc1c(-c2ccc(CC)cc2)nc2ccc(N)cn12. The summed E-state index contributed by atoms with van der Waals surface area (Å²) in [6.07, 6.45) is 6.80. The summed E-state index contributed by atoms with van der Waals surface area (Å²) in [5.74, 6) is 0. The minimum Gasteiger partial charge on any atom is -0.398 e. The first-order chi connectivity index (χ1) is 12.7. The second-order valence-corrected chi connectivity index (χ2v) is 6.42. The molecule has 0 aliphatic rings. The molecule has 2 N–H and O–H groups in total. The van der Waals surface area contributed by atoms with Crippen molar-refractivity contribution in [2.45, 2.75) is 19.9 Å². The number of hydrogen-bond donors (Lipinski definition) is 1. The summed E-state index contributed by atoms with van der Waals surface area (Å²) >= 11 is 0. The highest BCUT2D eigenvalue weighted by Gasteiger charge is 2.16. The van der Waals surface area contributed by atoms with Crippen molar-refractivity contribution in [3.05, 3.63) is 79.2 Å². The molecule has 0 saturated heterocycles. The molecule has 0 amide bonds. The van der Waals surface area contributed by atoms with Crippen molar-refractivity contribution in [1.29, 1.82) is 0 Å². The first-order valence-corrected chi connectivity index (χ1v) is 8.96. The molecule has 0 saturated carbocycles. The molecule has 26 heavy (non-hydrogen) atoms. The zero-order chi connectivity index (χ0) is 18.5. The molecule has 134 valence electrons. The van der Waals surface area contributed by atoms with E-state index in [1.807, 2.05) is 30.5 Å². The third-order valence-electron chi connectivity index (χ3n) is 4.52. The van der Waals surface area contributed by atoms with Crippen molar-refractivity contribution in [1.82, 2.24) is 14.3 Å². The van der Waals surface area contributed by atoms with Crippen LogP contribution in [0.15, 0.2) is 67.9 Å². The standard InChI is InChI=1S/C22H26N4/c1-4-13-25(14-5-2)16-20-22(18-9-7-17(6-3)8-10-18)24-21-12-11-19(23)15-26(20)21/h4-5,7-12,15H,1-2,6,13-14,16,23H2,3H3. The molecule has 0 unspecified atom stereocenters. The van der Waals surface area contributed by atoms with Crippen LogP contribution in [0.3, 0.4) is 0 Å². The summed E-state index contributed by atoms with van der Waals surface area (Å²) in [5.41, 5.74) is 12.2. The molecule has 0 radical (unpaired) electrons. The van der Waals surface area contributed by atoms with Gasteiger partial charge in [0, 0.05) is 37.1 Å². The number of imidazole rings is 1. The van der Waals surface area contributed by atoms with Crippen LogP contribution in [0, 0.1) is 0 Å². The van der Waals surface area contributed by atoms with Gasteiger partial charge in [-0.25, -0.2) is 4.98 Å². The Bertz CT molecular complexity index is 896. The van der Waals surface area contributed by atoms with Gasteiger partial charge in [-0.3, -0.25) is 4.90 Å². The maximum absolute atomic E-state index is 6.03. The molecule has 0 atom stereocenters. The summed E-state index contributed by atoms with van der Waals surface area (Å²) in [7, 11) is 0.